The Balaban J connectivity index is 2.07. The van der Waals surface area contributed by atoms with Gasteiger partial charge in [-0.25, -0.2) is 4.98 Å². The maximum atomic E-state index is 12.2. The van der Waals surface area contributed by atoms with Crippen molar-refractivity contribution in [3.63, 3.8) is 0 Å². The predicted molar refractivity (Wildman–Crippen MR) is 82.7 cm³/mol. The van der Waals surface area contributed by atoms with Gasteiger partial charge in [0.15, 0.2) is 0 Å². The lowest BCUT2D eigenvalue weighted by Gasteiger charge is -2.09. The topological polar surface area (TPSA) is 60.5 Å². The van der Waals surface area contributed by atoms with E-state index < -0.39 is 0 Å². The molecule has 0 saturated heterocycles. The Morgan fingerprint density at radius 1 is 1.24 bits per heavy atom. The summed E-state index contributed by atoms with van der Waals surface area (Å²) < 4.78 is 10.9. The van der Waals surface area contributed by atoms with E-state index in [1.54, 1.807) is 44.7 Å². The fourth-order valence-electron chi connectivity index (χ4n) is 1.75. The first-order valence-electron chi connectivity index (χ1n) is 6.24. The number of hydrogen-bond donors (Lipinski definition) is 1. The van der Waals surface area contributed by atoms with Gasteiger partial charge in [-0.3, -0.25) is 4.79 Å². The molecule has 1 aromatic heterocycles. The van der Waals surface area contributed by atoms with Gasteiger partial charge in [-0.2, -0.15) is 0 Å². The summed E-state index contributed by atoms with van der Waals surface area (Å²) in [5.74, 6) is 0.967. The number of amides is 1. The lowest BCUT2D eigenvalue weighted by Crippen LogP contribution is -2.23. The molecule has 1 heterocycles. The molecule has 1 amide bonds. The summed E-state index contributed by atoms with van der Waals surface area (Å²) in [6.07, 6.45) is 1.64. The third-order valence-corrected chi connectivity index (χ3v) is 3.57. The van der Waals surface area contributed by atoms with Crippen LogP contribution in [0.15, 0.2) is 41.0 Å². The number of nitrogens with zero attached hydrogens (tertiary/aromatic N) is 1. The molecule has 6 heteroatoms. The summed E-state index contributed by atoms with van der Waals surface area (Å²) in [6.45, 7) is 0.390. The largest absolute Gasteiger partial charge is 0.497 e. The van der Waals surface area contributed by atoms with Crippen LogP contribution in [0.5, 0.6) is 11.6 Å². The third-order valence-electron chi connectivity index (χ3n) is 2.88. The highest BCUT2D eigenvalue weighted by atomic mass is 79.9. The minimum Gasteiger partial charge on any atom is -0.497 e. The summed E-state index contributed by atoms with van der Waals surface area (Å²) in [5.41, 5.74) is 1.43. The van der Waals surface area contributed by atoms with E-state index in [1.165, 1.54) is 0 Å². The number of ether oxygens (including phenoxy) is 2. The highest BCUT2D eigenvalue weighted by Gasteiger charge is 2.11. The second kappa shape index (κ2) is 7.08. The van der Waals surface area contributed by atoms with Crippen molar-refractivity contribution >= 4 is 21.8 Å². The molecule has 0 spiro atoms. The lowest BCUT2D eigenvalue weighted by atomic mass is 10.2. The molecule has 5 nitrogen and oxygen atoms in total. The number of pyridine rings is 1. The second-order valence-electron chi connectivity index (χ2n) is 4.23. The van der Waals surface area contributed by atoms with Gasteiger partial charge in [0, 0.05) is 23.3 Å². The van der Waals surface area contributed by atoms with E-state index >= 15 is 0 Å². The van der Waals surface area contributed by atoms with Crippen molar-refractivity contribution in [3.05, 3.63) is 52.1 Å². The molecule has 1 aromatic carbocycles. The molecule has 2 aromatic rings. The van der Waals surface area contributed by atoms with Crippen molar-refractivity contribution in [3.8, 4) is 11.6 Å². The molecule has 21 heavy (non-hydrogen) atoms. The molecule has 0 aliphatic rings. The number of carbonyl (C=O) groups excluding carboxylic acids is 1. The highest BCUT2D eigenvalue weighted by Crippen LogP contribution is 2.22. The number of hydrogen-bond acceptors (Lipinski definition) is 4. The predicted octanol–water partition coefficient (Wildman–Crippen LogP) is 2.79. The molecule has 110 valence electrons. The van der Waals surface area contributed by atoms with Crippen LogP contribution in [0.25, 0.3) is 0 Å². The Morgan fingerprint density at radius 2 is 2.05 bits per heavy atom. The molecule has 0 aliphatic carbocycles. The standard InChI is InChI=1S/C15H15BrN2O3/c1-20-11-3-4-13(16)12(8-11)15(19)18-9-10-5-6-17-14(7-10)21-2/h3-8H,9H2,1-2H3,(H,18,19). The Morgan fingerprint density at radius 3 is 2.76 bits per heavy atom. The van der Waals surface area contributed by atoms with Gasteiger partial charge in [-0.1, -0.05) is 0 Å². The van der Waals surface area contributed by atoms with Crippen molar-refractivity contribution in [1.29, 1.82) is 0 Å². The van der Waals surface area contributed by atoms with Crippen LogP contribution in [0.1, 0.15) is 15.9 Å². The average Bonchev–Trinajstić information content (AvgIpc) is 2.53. The van der Waals surface area contributed by atoms with Gasteiger partial charge in [0.05, 0.1) is 19.8 Å². The number of halogens is 1. The Kier molecular flexibility index (Phi) is 5.16. The average molecular weight is 351 g/mol. The molecule has 0 radical (unpaired) electrons. The van der Waals surface area contributed by atoms with Crippen LogP contribution < -0.4 is 14.8 Å². The number of benzene rings is 1. The number of aromatic nitrogens is 1. The molecule has 2 rings (SSSR count). The van der Waals surface area contributed by atoms with Crippen molar-refractivity contribution in [1.82, 2.24) is 10.3 Å². The number of nitrogens with one attached hydrogen (secondary N) is 1. The van der Waals surface area contributed by atoms with Gasteiger partial charge >= 0.3 is 0 Å². The number of rotatable bonds is 5. The normalized spacial score (nSPS) is 10.0. The van der Waals surface area contributed by atoms with Gasteiger partial charge in [-0.05, 0) is 45.8 Å². The first-order valence-corrected chi connectivity index (χ1v) is 7.04. The maximum absolute atomic E-state index is 12.2. The fourth-order valence-corrected chi connectivity index (χ4v) is 2.18. The van der Waals surface area contributed by atoms with Gasteiger partial charge in [0.25, 0.3) is 5.91 Å². The van der Waals surface area contributed by atoms with E-state index in [9.17, 15) is 4.79 Å². The second-order valence-corrected chi connectivity index (χ2v) is 5.09. The van der Waals surface area contributed by atoms with Crippen LogP contribution in [-0.2, 0) is 6.54 Å². The van der Waals surface area contributed by atoms with Crippen LogP contribution in [0.4, 0.5) is 0 Å². The van der Waals surface area contributed by atoms with E-state index in [4.69, 9.17) is 9.47 Å². The Bertz CT molecular complexity index is 647. The summed E-state index contributed by atoms with van der Waals surface area (Å²) in [6, 6.07) is 8.86. The third kappa shape index (κ3) is 3.95. The zero-order valence-corrected chi connectivity index (χ0v) is 13.3. The molecule has 0 bridgehead atoms. The first-order chi connectivity index (χ1) is 10.1. The Hall–Kier alpha value is -2.08. The summed E-state index contributed by atoms with van der Waals surface area (Å²) >= 11 is 3.36. The van der Waals surface area contributed by atoms with Crippen LogP contribution in [0, 0.1) is 0 Å². The molecule has 0 aliphatic heterocycles. The molecule has 0 fully saturated rings. The van der Waals surface area contributed by atoms with Crippen LogP contribution in [-0.4, -0.2) is 25.1 Å². The highest BCUT2D eigenvalue weighted by molar-refractivity contribution is 9.10. The molecular formula is C15H15BrN2O3. The minimum absolute atomic E-state index is 0.184. The van der Waals surface area contributed by atoms with Gasteiger partial charge in [0.1, 0.15) is 5.75 Å². The molecule has 0 unspecified atom stereocenters. The summed E-state index contributed by atoms with van der Waals surface area (Å²) in [7, 11) is 3.12. The SMILES string of the molecule is COc1ccc(Br)c(C(=O)NCc2ccnc(OC)c2)c1. The van der Waals surface area contributed by atoms with E-state index in [0.29, 0.717) is 28.2 Å². The summed E-state index contributed by atoms with van der Waals surface area (Å²) in [4.78, 5) is 16.2. The first kappa shape index (κ1) is 15.3. The Labute approximate surface area is 131 Å². The number of methoxy groups -OCH3 is 2. The van der Waals surface area contributed by atoms with Crippen LogP contribution in [0.2, 0.25) is 0 Å². The molecule has 0 saturated carbocycles. The molecule has 0 atom stereocenters. The molecular weight excluding hydrogens is 336 g/mol. The van der Waals surface area contributed by atoms with E-state index in [0.717, 1.165) is 5.56 Å². The van der Waals surface area contributed by atoms with Crippen LogP contribution >= 0.6 is 15.9 Å². The minimum atomic E-state index is -0.184. The number of carbonyl (C=O) groups is 1. The van der Waals surface area contributed by atoms with Gasteiger partial charge in [-0.15, -0.1) is 0 Å². The zero-order chi connectivity index (χ0) is 15.2. The van der Waals surface area contributed by atoms with E-state index in [2.05, 4.69) is 26.2 Å². The lowest BCUT2D eigenvalue weighted by molar-refractivity contribution is 0.0949. The fraction of sp³-hybridized carbons (Fsp3) is 0.200. The summed E-state index contributed by atoms with van der Waals surface area (Å²) in [5, 5.41) is 2.85. The van der Waals surface area contributed by atoms with Crippen LogP contribution in [0.3, 0.4) is 0 Å². The van der Waals surface area contributed by atoms with E-state index in [-0.39, 0.29) is 5.91 Å². The van der Waals surface area contributed by atoms with Crippen molar-refractivity contribution in [2.75, 3.05) is 14.2 Å². The monoisotopic (exact) mass is 350 g/mol. The van der Waals surface area contributed by atoms with Crippen molar-refractivity contribution < 1.29 is 14.3 Å². The van der Waals surface area contributed by atoms with E-state index in [1.807, 2.05) is 6.07 Å². The van der Waals surface area contributed by atoms with Crippen molar-refractivity contribution in [2.24, 2.45) is 0 Å². The zero-order valence-electron chi connectivity index (χ0n) is 11.7. The smallest absolute Gasteiger partial charge is 0.252 e. The van der Waals surface area contributed by atoms with Crippen molar-refractivity contribution in [2.45, 2.75) is 6.54 Å². The van der Waals surface area contributed by atoms with Gasteiger partial charge in [0.2, 0.25) is 5.88 Å². The maximum Gasteiger partial charge on any atom is 0.252 e. The quantitative estimate of drug-likeness (QED) is 0.900. The van der Waals surface area contributed by atoms with Gasteiger partial charge < -0.3 is 14.8 Å². The molecule has 1 N–H and O–H groups in total.